The van der Waals surface area contributed by atoms with Gasteiger partial charge in [0.05, 0.1) is 6.61 Å². The lowest BCUT2D eigenvalue weighted by Crippen LogP contribution is -2.35. The normalized spacial score (nSPS) is 24.6. The van der Waals surface area contributed by atoms with Gasteiger partial charge in [0.2, 0.25) is 0 Å². The summed E-state index contributed by atoms with van der Waals surface area (Å²) in [6.07, 6.45) is 3.84. The Balaban J connectivity index is 2.23. The Labute approximate surface area is 123 Å². The first-order chi connectivity index (χ1) is 9.80. The van der Waals surface area contributed by atoms with Crippen molar-refractivity contribution in [3.8, 4) is 0 Å². The molecule has 3 nitrogen and oxygen atoms in total. The molecule has 0 bridgehead atoms. The summed E-state index contributed by atoms with van der Waals surface area (Å²) in [6, 6.07) is 9.37. The molecule has 2 rings (SSSR count). The van der Waals surface area contributed by atoms with Gasteiger partial charge < -0.3 is 10.5 Å². The molecule has 112 valence electrons. The Morgan fingerprint density at radius 3 is 2.60 bits per heavy atom. The minimum absolute atomic E-state index is 0.476. The molecule has 0 radical (unpaired) electrons. The van der Waals surface area contributed by atoms with Crippen molar-refractivity contribution in [1.82, 2.24) is 4.90 Å². The van der Waals surface area contributed by atoms with E-state index >= 15 is 0 Å². The van der Waals surface area contributed by atoms with Crippen molar-refractivity contribution in [3.63, 3.8) is 0 Å². The highest BCUT2D eigenvalue weighted by Gasteiger charge is 2.29. The summed E-state index contributed by atoms with van der Waals surface area (Å²) < 4.78 is 5.19. The lowest BCUT2D eigenvalue weighted by Gasteiger charge is -2.34. The summed E-state index contributed by atoms with van der Waals surface area (Å²) in [6.45, 7) is 6.01. The van der Waals surface area contributed by atoms with Gasteiger partial charge in [-0.3, -0.25) is 4.90 Å². The molecule has 20 heavy (non-hydrogen) atoms. The van der Waals surface area contributed by atoms with Gasteiger partial charge in [-0.15, -0.1) is 0 Å². The van der Waals surface area contributed by atoms with Gasteiger partial charge in [-0.1, -0.05) is 37.6 Å². The minimum atomic E-state index is 0.476. The lowest BCUT2D eigenvalue weighted by molar-refractivity contribution is 0.166. The zero-order valence-corrected chi connectivity index (χ0v) is 12.8. The molecule has 1 saturated heterocycles. The maximum absolute atomic E-state index is 6.05. The zero-order chi connectivity index (χ0) is 14.4. The van der Waals surface area contributed by atoms with E-state index in [1.807, 2.05) is 0 Å². The first kappa shape index (κ1) is 15.5. The summed E-state index contributed by atoms with van der Waals surface area (Å²) in [7, 11) is 1.74. The second-order valence-electron chi connectivity index (χ2n) is 5.74. The quantitative estimate of drug-likeness (QED) is 0.898. The van der Waals surface area contributed by atoms with Crippen LogP contribution in [-0.4, -0.2) is 31.6 Å². The molecule has 1 aromatic rings. The number of hydrogen-bond donors (Lipinski definition) is 1. The van der Waals surface area contributed by atoms with E-state index in [2.05, 4.69) is 36.1 Å². The second kappa shape index (κ2) is 7.77. The average Bonchev–Trinajstić information content (AvgIpc) is 2.70. The third-order valence-corrected chi connectivity index (χ3v) is 4.45. The number of benzene rings is 1. The number of rotatable bonds is 5. The number of likely N-dealkylation sites (tertiary alicyclic amines) is 1. The van der Waals surface area contributed by atoms with Gasteiger partial charge >= 0.3 is 0 Å². The van der Waals surface area contributed by atoms with Crippen molar-refractivity contribution in [1.29, 1.82) is 0 Å². The van der Waals surface area contributed by atoms with Gasteiger partial charge in [-0.2, -0.15) is 0 Å². The van der Waals surface area contributed by atoms with E-state index in [9.17, 15) is 0 Å². The Kier molecular flexibility index (Phi) is 6.02. The number of nitrogens with zero attached hydrogens (tertiary/aromatic N) is 1. The topological polar surface area (TPSA) is 38.5 Å². The molecule has 2 atom stereocenters. The van der Waals surface area contributed by atoms with E-state index < -0.39 is 0 Å². The fraction of sp³-hybridized carbons (Fsp3) is 0.647. The molecule has 0 spiro atoms. The molecule has 0 saturated carbocycles. The van der Waals surface area contributed by atoms with Gasteiger partial charge in [0.25, 0.3) is 0 Å². The highest BCUT2D eigenvalue weighted by molar-refractivity contribution is 5.25. The third kappa shape index (κ3) is 3.60. The smallest absolute Gasteiger partial charge is 0.0713 e. The lowest BCUT2D eigenvalue weighted by atomic mass is 9.89. The van der Waals surface area contributed by atoms with Crippen LogP contribution >= 0.6 is 0 Å². The fourth-order valence-electron chi connectivity index (χ4n) is 3.38. The van der Waals surface area contributed by atoms with Crippen LogP contribution in [0.1, 0.15) is 43.4 Å². The van der Waals surface area contributed by atoms with Crippen molar-refractivity contribution in [2.75, 3.05) is 26.7 Å². The van der Waals surface area contributed by atoms with Crippen LogP contribution in [-0.2, 0) is 11.3 Å². The van der Waals surface area contributed by atoms with Crippen LogP contribution in [0.2, 0.25) is 0 Å². The van der Waals surface area contributed by atoms with E-state index in [-0.39, 0.29) is 0 Å². The van der Waals surface area contributed by atoms with Crippen molar-refractivity contribution >= 4 is 0 Å². The van der Waals surface area contributed by atoms with Crippen LogP contribution < -0.4 is 5.73 Å². The van der Waals surface area contributed by atoms with Crippen molar-refractivity contribution in [2.24, 2.45) is 11.7 Å². The van der Waals surface area contributed by atoms with E-state index in [4.69, 9.17) is 10.5 Å². The summed E-state index contributed by atoms with van der Waals surface area (Å²) in [5, 5.41) is 0. The van der Waals surface area contributed by atoms with Gasteiger partial charge in [0.1, 0.15) is 0 Å². The molecule has 1 aliphatic rings. The van der Waals surface area contributed by atoms with Crippen molar-refractivity contribution in [3.05, 3.63) is 35.4 Å². The Morgan fingerprint density at radius 2 is 2.00 bits per heavy atom. The van der Waals surface area contributed by atoms with Crippen LogP contribution in [0.15, 0.2) is 24.3 Å². The zero-order valence-electron chi connectivity index (χ0n) is 12.8. The van der Waals surface area contributed by atoms with E-state index in [1.165, 1.54) is 36.9 Å². The predicted molar refractivity (Wildman–Crippen MR) is 83.5 cm³/mol. The Hall–Kier alpha value is -0.900. The van der Waals surface area contributed by atoms with Gasteiger partial charge in [-0.05, 0) is 49.5 Å². The van der Waals surface area contributed by atoms with E-state index in [1.54, 1.807) is 7.11 Å². The van der Waals surface area contributed by atoms with Crippen molar-refractivity contribution < 1.29 is 4.74 Å². The van der Waals surface area contributed by atoms with Crippen LogP contribution in [0, 0.1) is 5.92 Å². The second-order valence-corrected chi connectivity index (χ2v) is 5.74. The van der Waals surface area contributed by atoms with Crippen LogP contribution in [0.3, 0.4) is 0 Å². The molecule has 0 amide bonds. The van der Waals surface area contributed by atoms with Crippen molar-refractivity contribution in [2.45, 2.75) is 38.8 Å². The highest BCUT2D eigenvalue weighted by Crippen LogP contribution is 2.34. The molecule has 1 heterocycles. The Bertz CT molecular complexity index is 376. The minimum Gasteiger partial charge on any atom is -0.380 e. The summed E-state index contributed by atoms with van der Waals surface area (Å²) in [4.78, 5) is 2.59. The molecule has 2 unspecified atom stereocenters. The first-order valence-electron chi connectivity index (χ1n) is 7.82. The summed E-state index contributed by atoms with van der Waals surface area (Å²) in [5.41, 5.74) is 8.69. The molecule has 1 aliphatic heterocycles. The SMILES string of the molecule is CCN1CCCCC(CN)C1c1ccc(COC)cc1. The number of hydrogen-bond acceptors (Lipinski definition) is 3. The standard InChI is InChI=1S/C17H28N2O/c1-3-19-11-5-4-6-16(12-18)17(19)15-9-7-14(8-10-15)13-20-2/h7-10,16-17H,3-6,11-13,18H2,1-2H3. The summed E-state index contributed by atoms with van der Waals surface area (Å²) in [5.74, 6) is 0.575. The molecule has 2 N–H and O–H groups in total. The van der Waals surface area contributed by atoms with E-state index in [0.29, 0.717) is 18.6 Å². The van der Waals surface area contributed by atoms with Crippen LogP contribution in [0.25, 0.3) is 0 Å². The first-order valence-corrected chi connectivity index (χ1v) is 7.82. The molecule has 1 fully saturated rings. The molecular weight excluding hydrogens is 248 g/mol. The molecule has 1 aromatic carbocycles. The highest BCUT2D eigenvalue weighted by atomic mass is 16.5. The van der Waals surface area contributed by atoms with E-state index in [0.717, 1.165) is 13.1 Å². The summed E-state index contributed by atoms with van der Waals surface area (Å²) >= 11 is 0. The number of ether oxygens (including phenoxy) is 1. The monoisotopic (exact) mass is 276 g/mol. The van der Waals surface area contributed by atoms with Crippen LogP contribution in [0.5, 0.6) is 0 Å². The maximum Gasteiger partial charge on any atom is 0.0713 e. The molecular formula is C17H28N2O. The third-order valence-electron chi connectivity index (χ3n) is 4.45. The predicted octanol–water partition coefficient (Wildman–Crippen LogP) is 2.95. The Morgan fingerprint density at radius 1 is 1.25 bits per heavy atom. The maximum atomic E-state index is 6.05. The van der Waals surface area contributed by atoms with Gasteiger partial charge in [-0.25, -0.2) is 0 Å². The van der Waals surface area contributed by atoms with Gasteiger partial charge in [0.15, 0.2) is 0 Å². The fourth-order valence-corrected chi connectivity index (χ4v) is 3.38. The van der Waals surface area contributed by atoms with Gasteiger partial charge in [0, 0.05) is 13.2 Å². The van der Waals surface area contributed by atoms with Crippen LogP contribution in [0.4, 0.5) is 0 Å². The molecule has 0 aliphatic carbocycles. The average molecular weight is 276 g/mol. The number of methoxy groups -OCH3 is 1. The number of nitrogens with two attached hydrogens (primary N) is 1. The molecule has 3 heteroatoms. The molecule has 0 aromatic heterocycles. The largest absolute Gasteiger partial charge is 0.380 e.